The van der Waals surface area contributed by atoms with Gasteiger partial charge < -0.3 is 14.4 Å². The molecule has 18 heavy (non-hydrogen) atoms. The van der Waals surface area contributed by atoms with E-state index in [-0.39, 0.29) is 6.54 Å². The molecule has 0 radical (unpaired) electrons. The quantitative estimate of drug-likeness (QED) is 0.868. The Bertz CT molecular complexity index is 589. The van der Waals surface area contributed by atoms with Crippen molar-refractivity contribution in [2.24, 2.45) is 0 Å². The van der Waals surface area contributed by atoms with E-state index in [0.717, 1.165) is 10.9 Å². The van der Waals surface area contributed by atoms with Gasteiger partial charge >= 0.3 is 5.97 Å². The summed E-state index contributed by atoms with van der Waals surface area (Å²) in [5.74, 6) is -0.654. The maximum Gasteiger partial charge on any atom is 0.339 e. The molecule has 0 saturated heterocycles. The van der Waals surface area contributed by atoms with Gasteiger partial charge in [-0.1, -0.05) is 11.6 Å². The predicted molar refractivity (Wildman–Crippen MR) is 69.6 cm³/mol. The third-order valence-electron chi connectivity index (χ3n) is 2.84. The minimum atomic E-state index is -1.56. The molecular formula is C13H14ClNO3. The van der Waals surface area contributed by atoms with Crippen LogP contribution in [0, 0.1) is 0 Å². The van der Waals surface area contributed by atoms with Gasteiger partial charge in [0.2, 0.25) is 0 Å². The SMILES string of the molecule is COC(=O)C(C)(O)Cn1ccc2cc(Cl)ccc21. The Morgan fingerprint density at radius 2 is 2.22 bits per heavy atom. The summed E-state index contributed by atoms with van der Waals surface area (Å²) in [6, 6.07) is 7.34. The number of fused-ring (bicyclic) bond motifs is 1. The second-order valence-corrected chi connectivity index (χ2v) is 4.85. The Morgan fingerprint density at radius 1 is 1.50 bits per heavy atom. The third kappa shape index (κ3) is 2.35. The molecule has 2 rings (SSSR count). The number of benzene rings is 1. The van der Waals surface area contributed by atoms with Gasteiger partial charge in [0.25, 0.3) is 0 Å². The van der Waals surface area contributed by atoms with Gasteiger partial charge in [0.1, 0.15) is 0 Å². The van der Waals surface area contributed by atoms with Gasteiger partial charge in [-0.15, -0.1) is 0 Å². The number of aromatic nitrogens is 1. The van der Waals surface area contributed by atoms with Crippen molar-refractivity contribution in [3.05, 3.63) is 35.5 Å². The van der Waals surface area contributed by atoms with Crippen LogP contribution in [-0.2, 0) is 16.1 Å². The van der Waals surface area contributed by atoms with E-state index in [4.69, 9.17) is 11.6 Å². The van der Waals surface area contributed by atoms with Crippen LogP contribution in [0.5, 0.6) is 0 Å². The number of aliphatic hydroxyl groups is 1. The van der Waals surface area contributed by atoms with Crippen molar-refractivity contribution in [1.82, 2.24) is 4.57 Å². The molecule has 2 aromatic rings. The molecule has 96 valence electrons. The summed E-state index contributed by atoms with van der Waals surface area (Å²) in [5.41, 5.74) is -0.649. The van der Waals surface area contributed by atoms with Gasteiger partial charge in [-0.25, -0.2) is 4.79 Å². The molecule has 0 saturated carbocycles. The van der Waals surface area contributed by atoms with E-state index in [9.17, 15) is 9.90 Å². The summed E-state index contributed by atoms with van der Waals surface area (Å²) < 4.78 is 6.37. The Morgan fingerprint density at radius 3 is 2.89 bits per heavy atom. The van der Waals surface area contributed by atoms with Crippen molar-refractivity contribution < 1.29 is 14.6 Å². The molecule has 1 aromatic carbocycles. The van der Waals surface area contributed by atoms with Crippen LogP contribution < -0.4 is 0 Å². The fourth-order valence-corrected chi connectivity index (χ4v) is 2.11. The summed E-state index contributed by atoms with van der Waals surface area (Å²) >= 11 is 5.90. The molecule has 1 heterocycles. The van der Waals surface area contributed by atoms with E-state index in [2.05, 4.69) is 4.74 Å². The largest absolute Gasteiger partial charge is 0.467 e. The standard InChI is InChI=1S/C13H14ClNO3/c1-13(17,12(16)18-2)8-15-6-5-9-7-10(14)3-4-11(9)15/h3-7,17H,8H2,1-2H3. The zero-order valence-corrected chi connectivity index (χ0v) is 10.9. The van der Waals surface area contributed by atoms with E-state index in [1.54, 1.807) is 16.8 Å². The van der Waals surface area contributed by atoms with Gasteiger partial charge in [0.05, 0.1) is 13.7 Å². The van der Waals surface area contributed by atoms with E-state index in [1.165, 1.54) is 14.0 Å². The number of ether oxygens (including phenoxy) is 1. The van der Waals surface area contributed by atoms with Crippen LogP contribution in [0.2, 0.25) is 5.02 Å². The van der Waals surface area contributed by atoms with Crippen molar-refractivity contribution in [3.63, 3.8) is 0 Å². The van der Waals surface area contributed by atoms with Gasteiger partial charge in [-0.05, 0) is 31.2 Å². The van der Waals surface area contributed by atoms with Gasteiger partial charge in [-0.3, -0.25) is 0 Å². The van der Waals surface area contributed by atoms with E-state index in [0.29, 0.717) is 5.02 Å². The monoisotopic (exact) mass is 267 g/mol. The van der Waals surface area contributed by atoms with E-state index < -0.39 is 11.6 Å². The van der Waals surface area contributed by atoms with Gasteiger partial charge in [0, 0.05) is 22.1 Å². The second-order valence-electron chi connectivity index (χ2n) is 4.41. The molecule has 0 aliphatic rings. The molecule has 4 nitrogen and oxygen atoms in total. The summed E-state index contributed by atoms with van der Waals surface area (Å²) in [4.78, 5) is 11.4. The first-order valence-corrected chi connectivity index (χ1v) is 5.87. The zero-order valence-electron chi connectivity index (χ0n) is 10.2. The first-order chi connectivity index (χ1) is 8.44. The highest BCUT2D eigenvalue weighted by Gasteiger charge is 2.32. The highest BCUT2D eigenvalue weighted by molar-refractivity contribution is 6.31. The third-order valence-corrected chi connectivity index (χ3v) is 3.07. The predicted octanol–water partition coefficient (Wildman–Crippen LogP) is 2.22. The topological polar surface area (TPSA) is 51.5 Å². The van der Waals surface area contributed by atoms with Crippen LogP contribution in [0.4, 0.5) is 0 Å². The average Bonchev–Trinajstić information content (AvgIpc) is 2.69. The fraction of sp³-hybridized carbons (Fsp3) is 0.308. The number of carbonyl (C=O) groups is 1. The number of nitrogens with zero attached hydrogens (tertiary/aromatic N) is 1. The van der Waals surface area contributed by atoms with Gasteiger partial charge in [-0.2, -0.15) is 0 Å². The summed E-state index contributed by atoms with van der Waals surface area (Å²) in [7, 11) is 1.25. The molecule has 1 aromatic heterocycles. The number of methoxy groups -OCH3 is 1. The van der Waals surface area contributed by atoms with Crippen molar-refractivity contribution in [1.29, 1.82) is 0 Å². The number of carbonyl (C=O) groups excluding carboxylic acids is 1. The Kier molecular flexibility index (Phi) is 3.32. The highest BCUT2D eigenvalue weighted by Crippen LogP contribution is 2.22. The van der Waals surface area contributed by atoms with Crippen LogP contribution in [0.3, 0.4) is 0 Å². The second kappa shape index (κ2) is 4.63. The van der Waals surface area contributed by atoms with Crippen molar-refractivity contribution in [2.45, 2.75) is 19.1 Å². The molecule has 1 atom stereocenters. The molecule has 0 aliphatic carbocycles. The lowest BCUT2D eigenvalue weighted by molar-refractivity contribution is -0.161. The van der Waals surface area contributed by atoms with Crippen molar-refractivity contribution >= 4 is 28.5 Å². The lowest BCUT2D eigenvalue weighted by Gasteiger charge is -2.21. The lowest BCUT2D eigenvalue weighted by atomic mass is 10.1. The van der Waals surface area contributed by atoms with Crippen LogP contribution in [0.15, 0.2) is 30.5 Å². The van der Waals surface area contributed by atoms with Crippen molar-refractivity contribution in [2.75, 3.05) is 7.11 Å². The number of rotatable bonds is 3. The van der Waals surface area contributed by atoms with Gasteiger partial charge in [0.15, 0.2) is 5.60 Å². The Hall–Kier alpha value is -1.52. The molecule has 0 bridgehead atoms. The number of esters is 1. The number of hydrogen-bond donors (Lipinski definition) is 1. The van der Waals surface area contributed by atoms with Crippen LogP contribution in [0.1, 0.15) is 6.92 Å². The molecule has 1 N–H and O–H groups in total. The molecule has 0 amide bonds. The Labute approximate surface area is 110 Å². The maximum atomic E-state index is 11.4. The van der Waals surface area contributed by atoms with Crippen LogP contribution in [0.25, 0.3) is 10.9 Å². The van der Waals surface area contributed by atoms with Crippen LogP contribution in [-0.4, -0.2) is 28.4 Å². The molecule has 0 aliphatic heterocycles. The highest BCUT2D eigenvalue weighted by atomic mass is 35.5. The summed E-state index contributed by atoms with van der Waals surface area (Å²) in [6.45, 7) is 1.56. The molecule has 0 spiro atoms. The molecular weight excluding hydrogens is 254 g/mol. The lowest BCUT2D eigenvalue weighted by Crippen LogP contribution is -2.40. The Balaban J connectivity index is 2.35. The molecule has 0 fully saturated rings. The molecule has 1 unspecified atom stereocenters. The smallest absolute Gasteiger partial charge is 0.339 e. The minimum Gasteiger partial charge on any atom is -0.467 e. The zero-order chi connectivity index (χ0) is 13.3. The summed E-state index contributed by atoms with van der Waals surface area (Å²) in [5, 5.41) is 11.7. The normalized spacial score (nSPS) is 14.4. The maximum absolute atomic E-state index is 11.4. The molecule has 5 heteroatoms. The number of halogens is 1. The van der Waals surface area contributed by atoms with Crippen molar-refractivity contribution in [3.8, 4) is 0 Å². The fourth-order valence-electron chi connectivity index (χ4n) is 1.93. The van der Waals surface area contributed by atoms with E-state index in [1.807, 2.05) is 18.2 Å². The minimum absolute atomic E-state index is 0.130. The first kappa shape index (κ1) is 12.9. The van der Waals surface area contributed by atoms with E-state index >= 15 is 0 Å². The number of hydrogen-bond acceptors (Lipinski definition) is 3. The van der Waals surface area contributed by atoms with Crippen LogP contribution >= 0.6 is 11.6 Å². The summed E-state index contributed by atoms with van der Waals surface area (Å²) in [6.07, 6.45) is 1.80. The first-order valence-electron chi connectivity index (χ1n) is 5.49. The average molecular weight is 268 g/mol.